The SMILES string of the molecule is BNCCCCC(NB)C(=O)NCCN(CCNC(=O)C(CCCCNB)NB)C(=O)C(CCCCNC)NC. The van der Waals surface area contributed by atoms with Crippen LogP contribution in [0.25, 0.3) is 0 Å². The zero-order chi connectivity index (χ0) is 30.0. The number of carbonyl (C=O) groups excluding carboxylic acids is 3. The van der Waals surface area contributed by atoms with E-state index < -0.39 is 0 Å². The average Bonchev–Trinajstić information content (AvgIpc) is 2.96. The second kappa shape index (κ2) is 26.3. The first-order valence-corrected chi connectivity index (χ1v) is 15.2. The number of unbranched alkanes of at least 4 members (excludes halogenated alkanes) is 3. The Balaban J connectivity index is 5.05. The van der Waals surface area contributed by atoms with E-state index in [1.165, 1.54) is 0 Å². The summed E-state index contributed by atoms with van der Waals surface area (Å²) in [4.78, 5) is 40.7. The van der Waals surface area contributed by atoms with E-state index in [0.717, 1.165) is 77.4 Å². The minimum Gasteiger partial charge on any atom is -0.362 e. The van der Waals surface area contributed by atoms with Gasteiger partial charge in [-0.15, -0.1) is 0 Å². The Morgan fingerprint density at radius 1 is 0.600 bits per heavy atom. The van der Waals surface area contributed by atoms with Gasteiger partial charge in [0, 0.05) is 26.2 Å². The van der Waals surface area contributed by atoms with E-state index in [9.17, 15) is 14.4 Å². The molecule has 0 saturated heterocycles. The van der Waals surface area contributed by atoms with Crippen LogP contribution in [-0.2, 0) is 14.4 Å². The fraction of sp³-hybridized carbons (Fsp3) is 0.875. The monoisotopic (exact) mass is 563 g/mol. The lowest BCUT2D eigenvalue weighted by atomic mass is 10.1. The van der Waals surface area contributed by atoms with Crippen molar-refractivity contribution in [3.05, 3.63) is 0 Å². The van der Waals surface area contributed by atoms with Crippen molar-refractivity contribution in [3.63, 3.8) is 0 Å². The maximum atomic E-state index is 13.5. The molecule has 16 heteroatoms. The van der Waals surface area contributed by atoms with Crippen molar-refractivity contribution in [1.29, 1.82) is 0 Å². The smallest absolute Gasteiger partial charge is 0.239 e. The molecule has 0 rings (SSSR count). The van der Waals surface area contributed by atoms with Crippen molar-refractivity contribution in [1.82, 2.24) is 47.1 Å². The van der Waals surface area contributed by atoms with Crippen molar-refractivity contribution in [2.24, 2.45) is 0 Å². The number of hydrogen-bond acceptors (Lipinski definition) is 9. The Hall–Kier alpha value is -1.57. The standard InChI is InChI=1S/C24H57B4N9O3/c1-29-12-6-3-11-21(30-2)24(40)37(17-15-31-22(38)19(35-27)9-4-7-13-33-25)18-16-32-23(39)20(36-28)10-5-8-14-34-26/h19-21,29-30,33-36H,3-18,25-28H2,1-2H3,(H,31,38)(H,32,39). The third-order valence-electron chi connectivity index (χ3n) is 7.16. The summed E-state index contributed by atoms with van der Waals surface area (Å²) in [5, 5.41) is 24.7. The second-order valence-corrected chi connectivity index (χ2v) is 10.2. The first-order chi connectivity index (χ1) is 19.4. The van der Waals surface area contributed by atoms with Crippen molar-refractivity contribution >= 4 is 49.6 Å². The van der Waals surface area contributed by atoms with Crippen LogP contribution in [0.3, 0.4) is 0 Å². The molecule has 0 aromatic carbocycles. The molecule has 0 spiro atoms. The molecule has 3 unspecified atom stereocenters. The largest absolute Gasteiger partial charge is 0.362 e. The summed E-state index contributed by atoms with van der Waals surface area (Å²) in [6, 6.07) is -0.828. The lowest BCUT2D eigenvalue weighted by molar-refractivity contribution is -0.134. The highest BCUT2D eigenvalue weighted by molar-refractivity contribution is 6.07. The van der Waals surface area contributed by atoms with E-state index in [0.29, 0.717) is 26.2 Å². The summed E-state index contributed by atoms with van der Waals surface area (Å²) >= 11 is 0. The van der Waals surface area contributed by atoms with Crippen LogP contribution in [0.4, 0.5) is 0 Å². The molecule has 0 fully saturated rings. The third-order valence-corrected chi connectivity index (χ3v) is 7.16. The summed E-state index contributed by atoms with van der Waals surface area (Å²) in [7, 11) is 11.2. The summed E-state index contributed by atoms with van der Waals surface area (Å²) in [6.45, 7) is 4.24. The normalized spacial score (nSPS) is 13.3. The van der Waals surface area contributed by atoms with Crippen LogP contribution in [0.5, 0.6) is 0 Å². The summed E-state index contributed by atoms with van der Waals surface area (Å²) in [5.74, 6) is -0.120. The van der Waals surface area contributed by atoms with Crippen molar-refractivity contribution in [2.45, 2.75) is 75.9 Å². The predicted molar refractivity (Wildman–Crippen MR) is 175 cm³/mol. The molecule has 12 nitrogen and oxygen atoms in total. The number of likely N-dealkylation sites (N-methyl/N-ethyl adjacent to an activating group) is 1. The van der Waals surface area contributed by atoms with Gasteiger partial charge in [0.1, 0.15) is 0 Å². The van der Waals surface area contributed by atoms with Gasteiger partial charge in [0.2, 0.25) is 17.7 Å². The number of carbonyl (C=O) groups is 3. The Labute approximate surface area is 246 Å². The molecule has 3 atom stereocenters. The van der Waals surface area contributed by atoms with Crippen molar-refractivity contribution in [3.8, 4) is 0 Å². The fourth-order valence-corrected chi connectivity index (χ4v) is 4.58. The number of hydrogen-bond donors (Lipinski definition) is 8. The number of nitrogens with one attached hydrogen (secondary N) is 8. The average molecular weight is 563 g/mol. The Bertz CT molecular complexity index is 633. The summed E-state index contributed by atoms with van der Waals surface area (Å²) in [5.41, 5.74) is 0. The van der Waals surface area contributed by atoms with Gasteiger partial charge in [-0.1, -0.05) is 19.3 Å². The van der Waals surface area contributed by atoms with Gasteiger partial charge < -0.3 is 47.1 Å². The van der Waals surface area contributed by atoms with Crippen LogP contribution in [0.15, 0.2) is 0 Å². The molecule has 40 heavy (non-hydrogen) atoms. The Morgan fingerprint density at radius 2 is 1.02 bits per heavy atom. The number of amides is 3. The van der Waals surface area contributed by atoms with Crippen molar-refractivity contribution < 1.29 is 14.4 Å². The summed E-state index contributed by atoms with van der Waals surface area (Å²) < 4.78 is 0. The predicted octanol–water partition coefficient (Wildman–Crippen LogP) is -5.35. The molecular formula is C24H57B4N9O3. The minimum atomic E-state index is -0.308. The van der Waals surface area contributed by atoms with E-state index in [1.54, 1.807) is 27.9 Å². The van der Waals surface area contributed by atoms with Gasteiger partial charge in [-0.3, -0.25) is 14.4 Å². The molecule has 0 radical (unpaired) electrons. The molecule has 0 aromatic rings. The maximum Gasteiger partial charge on any atom is 0.239 e. The molecule has 0 bridgehead atoms. The molecule has 3 amide bonds. The fourth-order valence-electron chi connectivity index (χ4n) is 4.58. The van der Waals surface area contributed by atoms with Crippen LogP contribution in [0, 0.1) is 0 Å². The van der Waals surface area contributed by atoms with Gasteiger partial charge >= 0.3 is 0 Å². The quantitative estimate of drug-likeness (QED) is 0.0363. The molecule has 0 heterocycles. The van der Waals surface area contributed by atoms with Gasteiger partial charge in [0.25, 0.3) is 0 Å². The Morgan fingerprint density at radius 3 is 1.40 bits per heavy atom. The first-order valence-electron chi connectivity index (χ1n) is 15.2. The van der Waals surface area contributed by atoms with Crippen LogP contribution in [0.2, 0.25) is 0 Å². The molecular weight excluding hydrogens is 506 g/mol. The highest BCUT2D eigenvalue weighted by Gasteiger charge is 2.24. The van der Waals surface area contributed by atoms with Crippen LogP contribution in [-0.4, -0.2) is 133 Å². The van der Waals surface area contributed by atoms with E-state index >= 15 is 0 Å². The summed E-state index contributed by atoms with van der Waals surface area (Å²) in [6.07, 6.45) is 8.09. The molecule has 0 aliphatic carbocycles. The zero-order valence-corrected chi connectivity index (χ0v) is 26.2. The topological polar surface area (TPSA) is 151 Å². The lowest BCUT2D eigenvalue weighted by Gasteiger charge is -2.28. The van der Waals surface area contributed by atoms with E-state index in [-0.39, 0.29) is 35.8 Å². The molecule has 0 aliphatic heterocycles. The van der Waals surface area contributed by atoms with E-state index in [4.69, 9.17) is 0 Å². The molecule has 228 valence electrons. The van der Waals surface area contributed by atoms with Crippen LogP contribution >= 0.6 is 0 Å². The van der Waals surface area contributed by atoms with Gasteiger partial charge in [-0.2, -0.15) is 0 Å². The molecule has 0 aliphatic rings. The molecule has 0 aromatic heterocycles. The molecule has 0 saturated carbocycles. The van der Waals surface area contributed by atoms with Gasteiger partial charge in [-0.25, -0.2) is 0 Å². The van der Waals surface area contributed by atoms with Gasteiger partial charge in [-0.05, 0) is 72.3 Å². The van der Waals surface area contributed by atoms with Gasteiger partial charge in [0.15, 0.2) is 31.9 Å². The van der Waals surface area contributed by atoms with Crippen LogP contribution in [0.1, 0.15) is 57.8 Å². The lowest BCUT2D eigenvalue weighted by Crippen LogP contribution is -2.52. The number of nitrogens with zero attached hydrogens (tertiary/aromatic N) is 1. The Kier molecular flexibility index (Phi) is 25.3. The highest BCUT2D eigenvalue weighted by Crippen LogP contribution is 2.06. The maximum absolute atomic E-state index is 13.5. The third kappa shape index (κ3) is 18.0. The molecule has 8 N–H and O–H groups in total. The van der Waals surface area contributed by atoms with Gasteiger partial charge in [0.05, 0.1) is 18.1 Å². The second-order valence-electron chi connectivity index (χ2n) is 10.2. The van der Waals surface area contributed by atoms with E-state index in [1.807, 2.05) is 23.0 Å². The zero-order valence-electron chi connectivity index (χ0n) is 26.2. The van der Waals surface area contributed by atoms with Crippen molar-refractivity contribution in [2.75, 3.05) is 59.9 Å². The highest BCUT2D eigenvalue weighted by atomic mass is 16.2. The number of rotatable bonds is 27. The van der Waals surface area contributed by atoms with Crippen LogP contribution < -0.4 is 42.2 Å². The first kappa shape index (κ1) is 38.4. The minimum absolute atomic E-state index is 0.00933. The van der Waals surface area contributed by atoms with E-state index in [2.05, 4.69) is 42.2 Å².